The number of carboxylic acid groups (broad SMARTS) is 1. The van der Waals surface area contributed by atoms with Gasteiger partial charge in [-0.15, -0.1) is 0 Å². The van der Waals surface area contributed by atoms with Gasteiger partial charge in [0.25, 0.3) is 0 Å². The van der Waals surface area contributed by atoms with Gasteiger partial charge in [-0.1, -0.05) is 106 Å². The number of carbonyl (C=O) groups excluding carboxylic acids is 14. The van der Waals surface area contributed by atoms with Crippen molar-refractivity contribution in [3.63, 3.8) is 0 Å². The van der Waals surface area contributed by atoms with Gasteiger partial charge in [0.2, 0.25) is 82.7 Å². The zero-order valence-electron chi connectivity index (χ0n) is 61.6. The van der Waals surface area contributed by atoms with Crippen LogP contribution in [0.3, 0.4) is 0 Å². The normalized spacial score (nSPS) is 16.7. The number of nitrogens with zero attached hydrogens (tertiary/aromatic N) is 2. The summed E-state index contributed by atoms with van der Waals surface area (Å²) in [6.45, 7) is 17.8. The van der Waals surface area contributed by atoms with Gasteiger partial charge < -0.3 is 112 Å². The molecule has 104 heavy (non-hydrogen) atoms. The van der Waals surface area contributed by atoms with E-state index in [2.05, 4.69) is 68.8 Å². The van der Waals surface area contributed by atoms with Crippen molar-refractivity contribution in [3.8, 4) is 0 Å². The molecule has 37 heteroatoms. The fraction of sp³-hybridized carbons (Fsp3) is 0.672. The first-order chi connectivity index (χ1) is 48.4. The number of aliphatic imine (C=N–C) groups is 1. The molecule has 24 N–H and O–H groups in total. The van der Waals surface area contributed by atoms with E-state index in [1.54, 1.807) is 51.1 Å². The Balaban J connectivity index is 2.25. The molecule has 1 aromatic carbocycles. The molecule has 1 aromatic rings. The standard InChI is InChI=1S/C67H112N18O19/c1-32(2)25-39(68)54(92)79-43(26-33(3)4)64(102)85-24-18-22-46(85)60(98)76-40(21-17-23-72-66(70)71)56(94)84-52(67(11,12)13)63(101)74-36(9)53(91)77-42(28-47(69)89)55(93)73-29-48(90)75-44(30-86)58(96)80-45(31-87)59(97)78-41(27-38-19-15-14-16-20-38)57(95)81-49(34(5)6)61(99)83-51(37(10)88)62(100)82-50(35(7)8)65(103)104/h14-16,19-20,32-37,39-46,49-52,86-88H,17-18,21-31,68H2,1-13H3,(H2,69,89)(H,73,93)(H,74,101)(H,75,90)(H,76,98)(H,77,91)(H,78,97)(H,79,92)(H,80,96)(H,81,95)(H,82,100)(H,83,99)(H,84,94)(H,103,104)(H4,70,71,72)/t36-,37+,39-,40-,41-,42-,43-,44-,45-,46-,49-,50-,51-,52+/m0/s1. The first-order valence-corrected chi connectivity index (χ1v) is 34.6. The average molecular weight is 1470 g/mol. The number of benzene rings is 1. The van der Waals surface area contributed by atoms with Crippen molar-refractivity contribution < 1.29 is 92.3 Å². The van der Waals surface area contributed by atoms with Gasteiger partial charge in [0, 0.05) is 19.5 Å². The predicted molar refractivity (Wildman–Crippen MR) is 378 cm³/mol. The van der Waals surface area contributed by atoms with E-state index in [-0.39, 0.29) is 63.0 Å². The molecule has 0 aliphatic carbocycles. The van der Waals surface area contributed by atoms with Crippen LogP contribution in [0, 0.1) is 29.1 Å². The predicted octanol–water partition coefficient (Wildman–Crippen LogP) is -6.15. The Morgan fingerprint density at radius 1 is 0.558 bits per heavy atom. The van der Waals surface area contributed by atoms with E-state index >= 15 is 0 Å². The molecule has 584 valence electrons. The zero-order chi connectivity index (χ0) is 79.2. The van der Waals surface area contributed by atoms with E-state index in [9.17, 15) is 92.3 Å². The Morgan fingerprint density at radius 3 is 1.59 bits per heavy atom. The SMILES string of the molecule is CC(C)C[C@H](NC(=O)[C@@H](N)CC(C)C)C(=O)N1CCC[C@H]1C(=O)N[C@@H](CCCN=C(N)N)C(=O)N[C@H](C(=O)N[C@@H](C)C(=O)N[C@@H](CC(N)=O)C(=O)NCC(=O)N[C@@H](CO)C(=O)N[C@@H](CO)C(=O)N[C@@H](Cc1ccccc1)C(=O)N[C@H](C(=O)N[C@H](C(=O)N[C@H](C(=O)O)C(C)C)[C@@H](C)O)C(C)C)C(C)(C)C. The van der Waals surface area contributed by atoms with Gasteiger partial charge in [-0.2, -0.15) is 0 Å². The molecule has 14 atom stereocenters. The Bertz CT molecular complexity index is 3160. The molecular weight excluding hydrogens is 1360 g/mol. The maximum absolute atomic E-state index is 14.3. The van der Waals surface area contributed by atoms with Crippen LogP contribution in [0.2, 0.25) is 0 Å². The van der Waals surface area contributed by atoms with Crippen LogP contribution in [0.5, 0.6) is 0 Å². The second-order valence-corrected chi connectivity index (χ2v) is 28.4. The van der Waals surface area contributed by atoms with E-state index in [0.29, 0.717) is 18.4 Å². The van der Waals surface area contributed by atoms with Gasteiger partial charge in [0.1, 0.15) is 72.5 Å². The third-order valence-electron chi connectivity index (χ3n) is 16.5. The van der Waals surface area contributed by atoms with Crippen molar-refractivity contribution in [3.05, 3.63) is 35.9 Å². The number of nitrogens with two attached hydrogens (primary N) is 4. The number of nitrogens with one attached hydrogen (secondary N) is 12. The molecule has 2 rings (SSSR count). The lowest BCUT2D eigenvalue weighted by Crippen LogP contribution is -2.62. The summed E-state index contributed by atoms with van der Waals surface area (Å²) in [4.78, 5) is 208. The number of amides is 14. The number of rotatable bonds is 43. The molecule has 1 fully saturated rings. The van der Waals surface area contributed by atoms with Crippen LogP contribution in [0.15, 0.2) is 35.3 Å². The number of guanidine groups is 1. The van der Waals surface area contributed by atoms with Crippen LogP contribution >= 0.6 is 0 Å². The van der Waals surface area contributed by atoms with Crippen LogP contribution in [-0.2, 0) is 78.3 Å². The number of hydrogen-bond donors (Lipinski definition) is 20. The molecule has 0 spiro atoms. The Kier molecular flexibility index (Phi) is 37.8. The number of aliphatic hydroxyl groups excluding tert-OH is 3. The van der Waals surface area contributed by atoms with Crippen LogP contribution in [0.4, 0.5) is 0 Å². The maximum atomic E-state index is 14.3. The van der Waals surface area contributed by atoms with Gasteiger partial charge in [-0.25, -0.2) is 4.79 Å². The number of primary amides is 1. The molecule has 1 aliphatic heterocycles. The van der Waals surface area contributed by atoms with Gasteiger partial charge in [0.05, 0.1) is 38.3 Å². The number of hydrogen-bond acceptors (Lipinski definition) is 20. The molecule has 0 unspecified atom stereocenters. The average Bonchev–Trinajstić information content (AvgIpc) is 1.54. The molecule has 37 nitrogen and oxygen atoms in total. The molecule has 1 heterocycles. The van der Waals surface area contributed by atoms with Crippen LogP contribution in [0.25, 0.3) is 0 Å². The first kappa shape index (κ1) is 90.5. The lowest BCUT2D eigenvalue weighted by atomic mass is 9.85. The lowest BCUT2D eigenvalue weighted by Gasteiger charge is -2.33. The number of aliphatic hydroxyl groups is 3. The minimum absolute atomic E-state index is 0.0315. The van der Waals surface area contributed by atoms with Crippen molar-refractivity contribution in [1.82, 2.24) is 68.7 Å². The number of carboxylic acids is 1. The number of carbonyl (C=O) groups is 15. The molecule has 1 aliphatic rings. The molecule has 14 amide bonds. The Morgan fingerprint density at radius 2 is 1.07 bits per heavy atom. The molecule has 0 aromatic heterocycles. The van der Waals surface area contributed by atoms with Gasteiger partial charge in [0.15, 0.2) is 5.96 Å². The first-order valence-electron chi connectivity index (χ1n) is 34.6. The summed E-state index contributed by atoms with van der Waals surface area (Å²) in [6.07, 6.45) is -1.34. The molecule has 0 bridgehead atoms. The van der Waals surface area contributed by atoms with Gasteiger partial charge >= 0.3 is 5.97 Å². The highest BCUT2D eigenvalue weighted by atomic mass is 16.4. The largest absolute Gasteiger partial charge is 0.480 e. The Hall–Kier alpha value is -9.62. The highest BCUT2D eigenvalue weighted by molar-refractivity contribution is 6.00. The summed E-state index contributed by atoms with van der Waals surface area (Å²) in [5.41, 5.74) is 22.0. The van der Waals surface area contributed by atoms with E-state index in [1.165, 1.54) is 46.4 Å². The van der Waals surface area contributed by atoms with Crippen molar-refractivity contribution in [2.45, 2.75) is 226 Å². The second kappa shape index (κ2) is 43.5. The van der Waals surface area contributed by atoms with Gasteiger partial charge in [-0.3, -0.25) is 72.1 Å². The quantitative estimate of drug-likeness (QED) is 0.0164. The topological polar surface area (TPSA) is 601 Å². The fourth-order valence-electron chi connectivity index (χ4n) is 10.8. The van der Waals surface area contributed by atoms with Crippen molar-refractivity contribution in [2.24, 2.45) is 57.0 Å². The van der Waals surface area contributed by atoms with Crippen LogP contribution < -0.4 is 86.7 Å². The monoisotopic (exact) mass is 1470 g/mol. The molecule has 0 radical (unpaired) electrons. The van der Waals surface area contributed by atoms with Gasteiger partial charge in [-0.05, 0) is 87.0 Å². The van der Waals surface area contributed by atoms with Crippen LogP contribution in [0.1, 0.15) is 141 Å². The van der Waals surface area contributed by atoms with E-state index in [4.69, 9.17) is 22.9 Å². The summed E-state index contributed by atoms with van der Waals surface area (Å²) in [5.74, 6) is -16.3. The third-order valence-corrected chi connectivity index (χ3v) is 16.5. The second-order valence-electron chi connectivity index (χ2n) is 28.4. The summed E-state index contributed by atoms with van der Waals surface area (Å²) in [7, 11) is 0. The minimum Gasteiger partial charge on any atom is -0.480 e. The summed E-state index contributed by atoms with van der Waals surface area (Å²) in [5, 5.41) is 69.5. The minimum atomic E-state index is -1.88. The smallest absolute Gasteiger partial charge is 0.326 e. The summed E-state index contributed by atoms with van der Waals surface area (Å²) in [6, 6.07) is -10.8. The van der Waals surface area contributed by atoms with Crippen molar-refractivity contribution in [2.75, 3.05) is 32.8 Å². The third kappa shape index (κ3) is 30.8. The highest BCUT2D eigenvalue weighted by Crippen LogP contribution is 2.23. The molecule has 0 saturated carbocycles. The van der Waals surface area contributed by atoms with E-state index in [1.807, 2.05) is 27.7 Å². The summed E-state index contributed by atoms with van der Waals surface area (Å²) < 4.78 is 0. The van der Waals surface area contributed by atoms with E-state index in [0.717, 1.165) is 0 Å². The van der Waals surface area contributed by atoms with Crippen molar-refractivity contribution >= 4 is 94.6 Å². The van der Waals surface area contributed by atoms with Crippen LogP contribution in [-0.4, -0.2) is 237 Å². The lowest BCUT2D eigenvalue weighted by molar-refractivity contribution is -0.144. The van der Waals surface area contributed by atoms with Crippen molar-refractivity contribution in [1.29, 1.82) is 0 Å². The molecule has 1 saturated heterocycles. The zero-order valence-corrected chi connectivity index (χ0v) is 61.6. The Labute approximate surface area is 605 Å². The summed E-state index contributed by atoms with van der Waals surface area (Å²) >= 11 is 0. The number of aliphatic carboxylic acids is 1. The highest BCUT2D eigenvalue weighted by Gasteiger charge is 2.43. The maximum Gasteiger partial charge on any atom is 0.326 e. The number of likely N-dealkylation sites (tertiary alicyclic amines) is 1. The fourth-order valence-corrected chi connectivity index (χ4v) is 10.8. The molecular formula is C67H112N18O19. The van der Waals surface area contributed by atoms with E-state index < -0.39 is 217 Å².